The fourth-order valence-corrected chi connectivity index (χ4v) is 0.876. The molecule has 0 unspecified atom stereocenters. The van der Waals surface area contributed by atoms with Crippen molar-refractivity contribution in [2.45, 2.75) is 20.8 Å². The van der Waals surface area contributed by atoms with Crippen molar-refractivity contribution in [3.63, 3.8) is 0 Å². The number of hydrogen-bond donors (Lipinski definition) is 1. The second-order valence-electron chi connectivity index (χ2n) is 2.31. The summed E-state index contributed by atoms with van der Waals surface area (Å²) in [6, 6.07) is 0. The third-order valence-corrected chi connectivity index (χ3v) is 1.60. The first-order valence-electron chi connectivity index (χ1n) is 2.94. The van der Waals surface area contributed by atoms with Crippen LogP contribution in [0.4, 0.5) is 4.39 Å². The molecule has 0 amide bonds. The van der Waals surface area contributed by atoms with E-state index in [4.69, 9.17) is 0 Å². The quantitative estimate of drug-likeness (QED) is 0.549. The molecule has 1 N–H and O–H groups in total. The molecule has 0 aliphatic heterocycles. The largest absolute Gasteiger partial charge is 0.360 e. The lowest BCUT2D eigenvalue weighted by atomic mass is 10.3. The first-order chi connectivity index (χ1) is 4.13. The standard InChI is InChI=1S/C7H10FN/c1-4-5(2)9-6(3)7(4)8/h9H,1-3H3. The summed E-state index contributed by atoms with van der Waals surface area (Å²) in [6.45, 7) is 5.37. The zero-order valence-corrected chi connectivity index (χ0v) is 5.88. The van der Waals surface area contributed by atoms with E-state index in [9.17, 15) is 4.39 Å². The summed E-state index contributed by atoms with van der Waals surface area (Å²) in [6.07, 6.45) is 0. The molecule has 1 heterocycles. The lowest BCUT2D eigenvalue weighted by Gasteiger charge is -1.84. The Morgan fingerprint density at radius 2 is 1.67 bits per heavy atom. The van der Waals surface area contributed by atoms with Crippen LogP contribution < -0.4 is 0 Å². The summed E-state index contributed by atoms with van der Waals surface area (Å²) in [4.78, 5) is 2.90. The Hall–Kier alpha value is -0.790. The average molecular weight is 127 g/mol. The molecule has 0 aliphatic carbocycles. The third kappa shape index (κ3) is 0.846. The Morgan fingerprint density at radius 1 is 1.11 bits per heavy atom. The number of aromatic nitrogens is 1. The maximum absolute atomic E-state index is 12.7. The predicted molar refractivity (Wildman–Crippen MR) is 35.0 cm³/mol. The summed E-state index contributed by atoms with van der Waals surface area (Å²) in [7, 11) is 0. The third-order valence-electron chi connectivity index (χ3n) is 1.60. The molecule has 1 aromatic heterocycles. The minimum absolute atomic E-state index is 0.104. The van der Waals surface area contributed by atoms with Crippen molar-refractivity contribution in [3.8, 4) is 0 Å². The van der Waals surface area contributed by atoms with Gasteiger partial charge in [0.1, 0.15) is 5.82 Å². The zero-order valence-electron chi connectivity index (χ0n) is 5.88. The first kappa shape index (κ1) is 6.33. The maximum Gasteiger partial charge on any atom is 0.146 e. The van der Waals surface area contributed by atoms with Crippen molar-refractivity contribution < 1.29 is 4.39 Å². The Balaban J connectivity index is 3.29. The number of aryl methyl sites for hydroxylation is 2. The molecular formula is C7H10FN. The number of H-pyrrole nitrogens is 1. The molecule has 0 radical (unpaired) electrons. The zero-order chi connectivity index (χ0) is 7.02. The van der Waals surface area contributed by atoms with Crippen molar-refractivity contribution in [2.24, 2.45) is 0 Å². The average Bonchev–Trinajstić information content (AvgIpc) is 1.98. The molecule has 0 bridgehead atoms. The minimum Gasteiger partial charge on any atom is -0.360 e. The van der Waals surface area contributed by atoms with Crippen molar-refractivity contribution in [2.75, 3.05) is 0 Å². The van der Waals surface area contributed by atoms with Gasteiger partial charge in [-0.3, -0.25) is 0 Å². The van der Waals surface area contributed by atoms with E-state index in [1.165, 1.54) is 0 Å². The van der Waals surface area contributed by atoms with E-state index in [1.807, 2.05) is 6.92 Å². The molecule has 0 aromatic carbocycles. The van der Waals surface area contributed by atoms with Crippen molar-refractivity contribution in [1.29, 1.82) is 0 Å². The van der Waals surface area contributed by atoms with Gasteiger partial charge in [-0.2, -0.15) is 0 Å². The summed E-state index contributed by atoms with van der Waals surface area (Å²) in [5.41, 5.74) is 2.28. The number of halogens is 1. The van der Waals surface area contributed by atoms with Crippen LogP contribution in [0.25, 0.3) is 0 Å². The molecule has 2 heteroatoms. The van der Waals surface area contributed by atoms with Crippen LogP contribution in [0.3, 0.4) is 0 Å². The smallest absolute Gasteiger partial charge is 0.146 e. The Bertz CT molecular complexity index is 203. The van der Waals surface area contributed by atoms with E-state index in [1.54, 1.807) is 13.8 Å². The Kier molecular flexibility index (Phi) is 1.31. The van der Waals surface area contributed by atoms with Crippen LogP contribution in [0, 0.1) is 26.6 Å². The maximum atomic E-state index is 12.7. The fraction of sp³-hybridized carbons (Fsp3) is 0.429. The summed E-state index contributed by atoms with van der Waals surface area (Å²) >= 11 is 0. The lowest BCUT2D eigenvalue weighted by Crippen LogP contribution is -1.75. The molecule has 0 saturated carbocycles. The Morgan fingerprint density at radius 3 is 1.78 bits per heavy atom. The van der Waals surface area contributed by atoms with Crippen molar-refractivity contribution >= 4 is 0 Å². The SMILES string of the molecule is Cc1[nH]c(C)c(F)c1C. The highest BCUT2D eigenvalue weighted by molar-refractivity contribution is 5.24. The molecule has 0 fully saturated rings. The Labute approximate surface area is 53.9 Å². The van der Waals surface area contributed by atoms with Gasteiger partial charge < -0.3 is 4.98 Å². The highest BCUT2D eigenvalue weighted by atomic mass is 19.1. The number of aromatic amines is 1. The molecule has 0 aliphatic rings. The number of nitrogens with one attached hydrogen (secondary N) is 1. The second-order valence-corrected chi connectivity index (χ2v) is 2.31. The van der Waals surface area contributed by atoms with Crippen LogP contribution in [0.2, 0.25) is 0 Å². The highest BCUT2D eigenvalue weighted by Crippen LogP contribution is 2.13. The van der Waals surface area contributed by atoms with Gasteiger partial charge in [0.15, 0.2) is 0 Å². The summed E-state index contributed by atoms with van der Waals surface area (Å²) in [5, 5.41) is 0. The van der Waals surface area contributed by atoms with E-state index in [0.29, 0.717) is 5.69 Å². The van der Waals surface area contributed by atoms with Crippen LogP contribution in [-0.4, -0.2) is 4.98 Å². The van der Waals surface area contributed by atoms with Gasteiger partial charge >= 0.3 is 0 Å². The molecule has 9 heavy (non-hydrogen) atoms. The molecule has 0 spiro atoms. The molecule has 0 saturated heterocycles. The van der Waals surface area contributed by atoms with Crippen molar-refractivity contribution in [1.82, 2.24) is 4.98 Å². The van der Waals surface area contributed by atoms with Crippen LogP contribution in [-0.2, 0) is 0 Å². The van der Waals surface area contributed by atoms with E-state index < -0.39 is 0 Å². The number of hydrogen-bond acceptors (Lipinski definition) is 0. The normalized spacial score (nSPS) is 10.2. The van der Waals surface area contributed by atoms with Crippen molar-refractivity contribution in [3.05, 3.63) is 22.8 Å². The minimum atomic E-state index is -0.104. The topological polar surface area (TPSA) is 15.8 Å². The van der Waals surface area contributed by atoms with E-state index in [2.05, 4.69) is 4.98 Å². The van der Waals surface area contributed by atoms with Crippen LogP contribution in [0.1, 0.15) is 17.0 Å². The molecule has 0 atom stereocenters. The van der Waals surface area contributed by atoms with Gasteiger partial charge in [-0.15, -0.1) is 0 Å². The molecule has 1 rings (SSSR count). The first-order valence-corrected chi connectivity index (χ1v) is 2.94. The molecule has 1 nitrogen and oxygen atoms in total. The summed E-state index contributed by atoms with van der Waals surface area (Å²) < 4.78 is 12.7. The predicted octanol–water partition coefficient (Wildman–Crippen LogP) is 2.08. The summed E-state index contributed by atoms with van der Waals surface area (Å²) in [5.74, 6) is -0.104. The van der Waals surface area contributed by atoms with E-state index >= 15 is 0 Å². The van der Waals surface area contributed by atoms with E-state index in [0.717, 1.165) is 11.3 Å². The molecule has 1 aromatic rings. The van der Waals surface area contributed by atoms with Gasteiger partial charge in [0.25, 0.3) is 0 Å². The van der Waals surface area contributed by atoms with Gasteiger partial charge in [-0.25, -0.2) is 4.39 Å². The van der Waals surface area contributed by atoms with Gasteiger partial charge in [0, 0.05) is 17.0 Å². The number of rotatable bonds is 0. The van der Waals surface area contributed by atoms with E-state index in [-0.39, 0.29) is 5.82 Å². The van der Waals surface area contributed by atoms with Gasteiger partial charge in [-0.05, 0) is 20.8 Å². The van der Waals surface area contributed by atoms with Crippen LogP contribution >= 0.6 is 0 Å². The van der Waals surface area contributed by atoms with Crippen LogP contribution in [0.15, 0.2) is 0 Å². The fourth-order valence-electron chi connectivity index (χ4n) is 0.876. The van der Waals surface area contributed by atoms with Crippen LogP contribution in [0.5, 0.6) is 0 Å². The van der Waals surface area contributed by atoms with Gasteiger partial charge in [0.2, 0.25) is 0 Å². The molecular weight excluding hydrogens is 117 g/mol. The van der Waals surface area contributed by atoms with Gasteiger partial charge in [-0.1, -0.05) is 0 Å². The lowest BCUT2D eigenvalue weighted by molar-refractivity contribution is 0.611. The second kappa shape index (κ2) is 1.87. The highest BCUT2D eigenvalue weighted by Gasteiger charge is 2.05. The van der Waals surface area contributed by atoms with Gasteiger partial charge in [0.05, 0.1) is 0 Å². The molecule has 50 valence electrons. The monoisotopic (exact) mass is 127 g/mol.